The third-order valence-corrected chi connectivity index (χ3v) is 3.15. The van der Waals surface area contributed by atoms with Gasteiger partial charge in [-0.05, 0) is 37.5 Å². The molecule has 0 bridgehead atoms. The van der Waals surface area contributed by atoms with Crippen LogP contribution < -0.4 is 15.5 Å². The molecule has 1 heterocycles. The fourth-order valence-electron chi connectivity index (χ4n) is 2.02. The molecule has 1 aromatic carbocycles. The molecule has 0 unspecified atom stereocenters. The molecular formula is C15H15O5-. The van der Waals surface area contributed by atoms with E-state index in [1.165, 1.54) is 13.0 Å². The van der Waals surface area contributed by atoms with Crippen molar-refractivity contribution in [3.05, 3.63) is 39.7 Å². The monoisotopic (exact) mass is 275 g/mol. The van der Waals surface area contributed by atoms with Crippen molar-refractivity contribution < 1.29 is 19.1 Å². The fraction of sp³-hybridized carbons (Fsp3) is 0.333. The molecule has 106 valence electrons. The molecule has 2 aromatic rings. The van der Waals surface area contributed by atoms with E-state index in [0.29, 0.717) is 17.8 Å². The molecule has 20 heavy (non-hydrogen) atoms. The van der Waals surface area contributed by atoms with Crippen molar-refractivity contribution >= 4 is 16.9 Å². The van der Waals surface area contributed by atoms with Crippen LogP contribution in [-0.2, 0) is 11.2 Å². The summed E-state index contributed by atoms with van der Waals surface area (Å²) in [7, 11) is 0. The first-order chi connectivity index (χ1) is 9.42. The Morgan fingerprint density at radius 1 is 1.40 bits per heavy atom. The lowest BCUT2D eigenvalue weighted by Crippen LogP contribution is -2.37. The van der Waals surface area contributed by atoms with Crippen molar-refractivity contribution in [1.82, 2.24) is 0 Å². The molecule has 5 nitrogen and oxygen atoms in total. The number of hydrogen-bond donors (Lipinski definition) is 0. The average Bonchev–Trinajstić information content (AvgIpc) is 2.37. The number of ether oxygens (including phenoxy) is 1. The highest BCUT2D eigenvalue weighted by atomic mass is 16.5. The average molecular weight is 275 g/mol. The molecule has 0 aliphatic carbocycles. The Bertz CT molecular complexity index is 714. The lowest BCUT2D eigenvalue weighted by molar-refractivity contribution is -0.312. The van der Waals surface area contributed by atoms with Gasteiger partial charge in [0, 0.05) is 17.5 Å². The van der Waals surface area contributed by atoms with Crippen LogP contribution in [0.1, 0.15) is 25.0 Å². The molecule has 0 aliphatic rings. The number of hydrogen-bond acceptors (Lipinski definition) is 5. The van der Waals surface area contributed by atoms with Crippen molar-refractivity contribution in [3.63, 3.8) is 0 Å². The van der Waals surface area contributed by atoms with Crippen LogP contribution in [0, 0.1) is 6.92 Å². The summed E-state index contributed by atoms with van der Waals surface area (Å²) in [5.41, 5.74) is 1.60. The smallest absolute Gasteiger partial charge is 0.336 e. The maximum absolute atomic E-state index is 11.4. The number of fused-ring (bicyclic) bond motifs is 1. The van der Waals surface area contributed by atoms with Gasteiger partial charge in [-0.2, -0.15) is 0 Å². The lowest BCUT2D eigenvalue weighted by Gasteiger charge is -2.18. The van der Waals surface area contributed by atoms with Crippen molar-refractivity contribution in [2.45, 2.75) is 33.3 Å². The minimum absolute atomic E-state index is 0.382. The summed E-state index contributed by atoms with van der Waals surface area (Å²) in [6, 6.07) is 4.83. The zero-order chi connectivity index (χ0) is 14.9. The molecule has 1 aromatic heterocycles. The molecule has 0 saturated carbocycles. The summed E-state index contributed by atoms with van der Waals surface area (Å²) in [6.07, 6.45) is -0.404. The summed E-state index contributed by atoms with van der Waals surface area (Å²) in [6.45, 7) is 5.15. The maximum Gasteiger partial charge on any atom is 0.336 e. The number of carbonyl (C=O) groups is 1. The van der Waals surface area contributed by atoms with Gasteiger partial charge >= 0.3 is 5.63 Å². The van der Waals surface area contributed by atoms with Crippen LogP contribution in [-0.4, -0.2) is 12.1 Å². The molecule has 2 rings (SSSR count). The second kappa shape index (κ2) is 5.36. The molecular weight excluding hydrogens is 260 g/mol. The Labute approximate surface area is 115 Å². The van der Waals surface area contributed by atoms with Gasteiger partial charge in [-0.3, -0.25) is 0 Å². The van der Waals surface area contributed by atoms with Crippen molar-refractivity contribution in [3.8, 4) is 5.75 Å². The topological polar surface area (TPSA) is 79.6 Å². The van der Waals surface area contributed by atoms with Gasteiger partial charge in [0.05, 0.1) is 5.97 Å². The number of carboxylic acids is 1. The van der Waals surface area contributed by atoms with Crippen molar-refractivity contribution in [2.24, 2.45) is 0 Å². The van der Waals surface area contributed by atoms with E-state index in [1.54, 1.807) is 6.07 Å². The molecule has 0 N–H and O–H groups in total. The first kappa shape index (κ1) is 14.1. The Morgan fingerprint density at radius 2 is 2.10 bits per heavy atom. The van der Waals surface area contributed by atoms with Crippen LogP contribution in [0.25, 0.3) is 11.0 Å². The van der Waals surface area contributed by atoms with Gasteiger partial charge in [-0.25, -0.2) is 4.79 Å². The van der Waals surface area contributed by atoms with Crippen LogP contribution in [0.3, 0.4) is 0 Å². The quantitative estimate of drug-likeness (QED) is 0.783. The predicted octanol–water partition coefficient (Wildman–Crippen LogP) is 1.18. The van der Waals surface area contributed by atoms with Gasteiger partial charge in [-0.1, -0.05) is 6.92 Å². The number of aliphatic carboxylic acids is 1. The number of aryl methyl sites for hydroxylation is 2. The zero-order valence-electron chi connectivity index (χ0n) is 11.6. The number of rotatable bonds is 4. The number of benzene rings is 1. The standard InChI is InChI=1S/C15H16O5/c1-4-10-6-11-8(2)5-14(16)20-13(11)7-12(10)19-9(3)15(17)18/h5-7,9H,4H2,1-3H3,(H,17,18)/p-1/t9-/m1/s1. The molecule has 0 fully saturated rings. The van der Waals surface area contributed by atoms with E-state index >= 15 is 0 Å². The lowest BCUT2D eigenvalue weighted by atomic mass is 10.1. The fourth-order valence-corrected chi connectivity index (χ4v) is 2.02. The molecule has 0 spiro atoms. The van der Waals surface area contributed by atoms with Crippen LogP contribution >= 0.6 is 0 Å². The highest BCUT2D eigenvalue weighted by Gasteiger charge is 2.12. The number of carboxylic acid groups (broad SMARTS) is 1. The van der Waals surface area contributed by atoms with Crippen molar-refractivity contribution in [1.29, 1.82) is 0 Å². The highest BCUT2D eigenvalue weighted by molar-refractivity contribution is 5.82. The van der Waals surface area contributed by atoms with E-state index in [1.807, 2.05) is 19.9 Å². The van der Waals surface area contributed by atoms with E-state index < -0.39 is 17.7 Å². The summed E-state index contributed by atoms with van der Waals surface area (Å²) >= 11 is 0. The highest BCUT2D eigenvalue weighted by Crippen LogP contribution is 2.28. The minimum atomic E-state index is -1.29. The van der Waals surface area contributed by atoms with Crippen LogP contribution in [0.4, 0.5) is 0 Å². The van der Waals surface area contributed by atoms with Gasteiger partial charge in [0.1, 0.15) is 17.4 Å². The second-order valence-electron chi connectivity index (χ2n) is 4.64. The molecule has 1 atom stereocenters. The second-order valence-corrected chi connectivity index (χ2v) is 4.64. The molecule has 0 radical (unpaired) electrons. The van der Waals surface area contributed by atoms with Crippen LogP contribution in [0.2, 0.25) is 0 Å². The van der Waals surface area contributed by atoms with Gasteiger partial charge in [0.25, 0.3) is 0 Å². The van der Waals surface area contributed by atoms with E-state index in [4.69, 9.17) is 9.15 Å². The molecule has 5 heteroatoms. The minimum Gasteiger partial charge on any atom is -0.546 e. The third kappa shape index (κ3) is 2.66. The normalized spacial score (nSPS) is 12.3. The van der Waals surface area contributed by atoms with Gasteiger partial charge in [0.15, 0.2) is 0 Å². The Hall–Kier alpha value is -2.30. The van der Waals surface area contributed by atoms with Gasteiger partial charge < -0.3 is 19.1 Å². The van der Waals surface area contributed by atoms with E-state index in [-0.39, 0.29) is 0 Å². The summed E-state index contributed by atoms with van der Waals surface area (Å²) in [5.74, 6) is -0.900. The zero-order valence-corrected chi connectivity index (χ0v) is 11.6. The Kier molecular flexibility index (Phi) is 3.79. The van der Waals surface area contributed by atoms with Gasteiger partial charge in [0.2, 0.25) is 0 Å². The predicted molar refractivity (Wildman–Crippen MR) is 71.7 cm³/mol. The third-order valence-electron chi connectivity index (χ3n) is 3.15. The molecule has 0 aliphatic heterocycles. The molecule has 0 saturated heterocycles. The first-order valence-corrected chi connectivity index (χ1v) is 6.37. The summed E-state index contributed by atoms with van der Waals surface area (Å²) in [5, 5.41) is 11.6. The van der Waals surface area contributed by atoms with Crippen molar-refractivity contribution in [2.75, 3.05) is 0 Å². The van der Waals surface area contributed by atoms with Gasteiger partial charge in [-0.15, -0.1) is 0 Å². The van der Waals surface area contributed by atoms with E-state index in [0.717, 1.165) is 16.5 Å². The first-order valence-electron chi connectivity index (χ1n) is 6.37. The molecule has 0 amide bonds. The largest absolute Gasteiger partial charge is 0.546 e. The van der Waals surface area contributed by atoms with Crippen LogP contribution in [0.5, 0.6) is 5.75 Å². The summed E-state index contributed by atoms with van der Waals surface area (Å²) in [4.78, 5) is 22.2. The van der Waals surface area contributed by atoms with E-state index in [9.17, 15) is 14.7 Å². The van der Waals surface area contributed by atoms with Crippen LogP contribution in [0.15, 0.2) is 27.4 Å². The maximum atomic E-state index is 11.4. The Morgan fingerprint density at radius 3 is 2.70 bits per heavy atom. The Balaban J connectivity index is 2.59. The summed E-state index contributed by atoms with van der Waals surface area (Å²) < 4.78 is 10.5. The SMILES string of the molecule is CCc1cc2c(C)cc(=O)oc2cc1O[C@H](C)C(=O)[O-]. The number of carbonyl (C=O) groups excluding carboxylic acids is 1. The van der Waals surface area contributed by atoms with E-state index in [2.05, 4.69) is 0 Å².